The maximum atomic E-state index is 9.82. The van der Waals surface area contributed by atoms with Gasteiger partial charge in [0.1, 0.15) is 10.2 Å². The van der Waals surface area contributed by atoms with Crippen molar-refractivity contribution in [2.75, 3.05) is 0 Å². The van der Waals surface area contributed by atoms with Crippen molar-refractivity contribution >= 4 is 35.0 Å². The molecule has 1 aromatic heterocycles. The number of nitrogens with zero attached hydrogens (tertiary/aromatic N) is 2. The van der Waals surface area contributed by atoms with Crippen LogP contribution in [0, 0.1) is 0 Å². The molecule has 0 N–H and O–H groups in total. The lowest BCUT2D eigenvalue weighted by Crippen LogP contribution is -1.75. The fourth-order valence-corrected chi connectivity index (χ4v) is 0.852. The Morgan fingerprint density at radius 3 is 2.91 bits per heavy atom. The average Bonchev–Trinajstić information content (AvgIpc) is 1.99. The number of carbonyl (C=O) groups excluding carboxylic acids is 1. The largest absolute Gasteiger partial charge is 0.243 e. The zero-order valence-corrected chi connectivity index (χ0v) is 6.73. The molecule has 0 aliphatic rings. The summed E-state index contributed by atoms with van der Waals surface area (Å²) in [4.78, 5) is 16.8. The van der Waals surface area contributed by atoms with Gasteiger partial charge in [-0.05, 0) is 6.07 Å². The Morgan fingerprint density at radius 2 is 2.27 bits per heavy atom. The highest BCUT2D eigenvalue weighted by atomic mass is 35.5. The molecule has 0 unspecified atom stereocenters. The molecule has 3 nitrogen and oxygen atoms in total. The van der Waals surface area contributed by atoms with E-state index in [1.54, 1.807) is 0 Å². The molecule has 1 rings (SSSR count). The molecule has 0 saturated carbocycles. The standard InChI is InChI=1S/C6H2Cl2N2O/c7-5-4(10-3-11)1-2-9-6(5)8/h1-2H. The highest BCUT2D eigenvalue weighted by molar-refractivity contribution is 6.42. The van der Waals surface area contributed by atoms with Gasteiger partial charge in [0.25, 0.3) is 0 Å². The van der Waals surface area contributed by atoms with Gasteiger partial charge in [0.2, 0.25) is 6.08 Å². The van der Waals surface area contributed by atoms with E-state index in [2.05, 4.69) is 9.98 Å². The number of rotatable bonds is 1. The van der Waals surface area contributed by atoms with Gasteiger partial charge in [0, 0.05) is 6.20 Å². The Labute approximate surface area is 72.7 Å². The molecule has 0 atom stereocenters. The van der Waals surface area contributed by atoms with Crippen LogP contribution in [-0.4, -0.2) is 11.1 Å². The molecule has 0 amide bonds. The van der Waals surface area contributed by atoms with Gasteiger partial charge in [0.15, 0.2) is 0 Å². The molecule has 0 bridgehead atoms. The minimum Gasteiger partial charge on any atom is -0.243 e. The monoisotopic (exact) mass is 188 g/mol. The summed E-state index contributed by atoms with van der Waals surface area (Å²) < 4.78 is 0. The maximum Gasteiger partial charge on any atom is 0.240 e. The average molecular weight is 189 g/mol. The van der Waals surface area contributed by atoms with Crippen LogP contribution in [0.2, 0.25) is 10.2 Å². The lowest BCUT2D eigenvalue weighted by molar-refractivity contribution is 0.565. The molecule has 0 radical (unpaired) electrons. The molecule has 0 fully saturated rings. The molecule has 0 aliphatic heterocycles. The van der Waals surface area contributed by atoms with Crippen molar-refractivity contribution in [3.63, 3.8) is 0 Å². The van der Waals surface area contributed by atoms with Crippen LogP contribution in [0.15, 0.2) is 17.3 Å². The molecule has 0 aliphatic carbocycles. The van der Waals surface area contributed by atoms with Crippen molar-refractivity contribution in [1.29, 1.82) is 0 Å². The number of isocyanates is 1. The van der Waals surface area contributed by atoms with E-state index in [1.165, 1.54) is 18.3 Å². The third kappa shape index (κ3) is 1.77. The van der Waals surface area contributed by atoms with Crippen LogP contribution < -0.4 is 0 Å². The predicted octanol–water partition coefficient (Wildman–Crippen LogP) is 2.36. The third-order valence-corrected chi connectivity index (χ3v) is 1.75. The number of aliphatic imine (C=N–C) groups is 1. The summed E-state index contributed by atoms with van der Waals surface area (Å²) in [5, 5.41) is 0.292. The van der Waals surface area contributed by atoms with Crippen LogP contribution in [0.1, 0.15) is 0 Å². The van der Waals surface area contributed by atoms with Crippen molar-refractivity contribution in [3.05, 3.63) is 22.4 Å². The van der Waals surface area contributed by atoms with E-state index in [-0.39, 0.29) is 15.9 Å². The zero-order valence-electron chi connectivity index (χ0n) is 5.21. The summed E-state index contributed by atoms with van der Waals surface area (Å²) in [7, 11) is 0. The van der Waals surface area contributed by atoms with Gasteiger partial charge in [-0.2, -0.15) is 4.99 Å². The van der Waals surface area contributed by atoms with Gasteiger partial charge in [-0.15, -0.1) is 0 Å². The summed E-state index contributed by atoms with van der Waals surface area (Å²) >= 11 is 11.1. The second-order valence-electron chi connectivity index (χ2n) is 1.64. The van der Waals surface area contributed by atoms with Gasteiger partial charge in [0.05, 0.1) is 5.69 Å². The molecule has 1 aromatic rings. The highest BCUT2D eigenvalue weighted by Crippen LogP contribution is 2.29. The van der Waals surface area contributed by atoms with E-state index >= 15 is 0 Å². The van der Waals surface area contributed by atoms with E-state index in [1.807, 2.05) is 0 Å². The fourth-order valence-electron chi connectivity index (χ4n) is 0.544. The number of pyridine rings is 1. The predicted molar refractivity (Wildman–Crippen MR) is 42.0 cm³/mol. The molecule has 5 heteroatoms. The van der Waals surface area contributed by atoms with Crippen LogP contribution in [-0.2, 0) is 4.79 Å². The quantitative estimate of drug-likeness (QED) is 0.386. The van der Waals surface area contributed by atoms with E-state index in [0.29, 0.717) is 0 Å². The second-order valence-corrected chi connectivity index (χ2v) is 2.37. The van der Waals surface area contributed by atoms with Crippen LogP contribution in [0.5, 0.6) is 0 Å². The van der Waals surface area contributed by atoms with Crippen molar-refractivity contribution in [1.82, 2.24) is 4.98 Å². The van der Waals surface area contributed by atoms with Gasteiger partial charge in [-0.3, -0.25) is 0 Å². The number of hydrogen-bond donors (Lipinski definition) is 0. The van der Waals surface area contributed by atoms with Crippen molar-refractivity contribution in [2.45, 2.75) is 0 Å². The Bertz CT molecular complexity index is 320. The summed E-state index contributed by atoms with van der Waals surface area (Å²) in [5.41, 5.74) is 0.279. The number of hydrogen-bond acceptors (Lipinski definition) is 3. The Balaban J connectivity index is 3.26. The first-order valence-electron chi connectivity index (χ1n) is 2.63. The summed E-state index contributed by atoms with van der Waals surface area (Å²) in [6.07, 6.45) is 2.76. The minimum absolute atomic E-state index is 0.128. The van der Waals surface area contributed by atoms with E-state index in [9.17, 15) is 4.79 Å². The molecule has 0 aromatic carbocycles. The first kappa shape index (κ1) is 8.21. The Kier molecular flexibility index (Phi) is 2.60. The molecule has 11 heavy (non-hydrogen) atoms. The van der Waals surface area contributed by atoms with Crippen LogP contribution >= 0.6 is 23.2 Å². The summed E-state index contributed by atoms with van der Waals surface area (Å²) in [6, 6.07) is 1.47. The van der Waals surface area contributed by atoms with Gasteiger partial charge in [-0.25, -0.2) is 9.78 Å². The molecular weight excluding hydrogens is 187 g/mol. The second kappa shape index (κ2) is 3.49. The molecule has 0 spiro atoms. The van der Waals surface area contributed by atoms with Gasteiger partial charge >= 0.3 is 0 Å². The highest BCUT2D eigenvalue weighted by Gasteiger charge is 2.02. The van der Waals surface area contributed by atoms with E-state index < -0.39 is 0 Å². The van der Waals surface area contributed by atoms with Crippen molar-refractivity contribution in [2.24, 2.45) is 4.99 Å². The molecule has 0 saturated heterocycles. The Morgan fingerprint density at radius 1 is 1.55 bits per heavy atom. The summed E-state index contributed by atoms with van der Waals surface area (Å²) in [5.74, 6) is 0. The van der Waals surface area contributed by atoms with Gasteiger partial charge < -0.3 is 0 Å². The van der Waals surface area contributed by atoms with E-state index in [0.717, 1.165) is 0 Å². The zero-order chi connectivity index (χ0) is 8.27. The smallest absolute Gasteiger partial charge is 0.240 e. The van der Waals surface area contributed by atoms with Crippen molar-refractivity contribution in [3.8, 4) is 0 Å². The normalized spacial score (nSPS) is 8.91. The minimum atomic E-state index is 0.128. The first-order valence-corrected chi connectivity index (χ1v) is 3.39. The topological polar surface area (TPSA) is 42.3 Å². The fraction of sp³-hybridized carbons (Fsp3) is 0. The lowest BCUT2D eigenvalue weighted by atomic mass is 10.4. The Hall–Kier alpha value is -0.890. The van der Waals surface area contributed by atoms with Crippen molar-refractivity contribution < 1.29 is 4.79 Å². The molecule has 1 heterocycles. The van der Waals surface area contributed by atoms with Crippen LogP contribution in [0.25, 0.3) is 0 Å². The van der Waals surface area contributed by atoms with Gasteiger partial charge in [-0.1, -0.05) is 23.2 Å². The number of aromatic nitrogens is 1. The lowest BCUT2D eigenvalue weighted by Gasteiger charge is -1.94. The van der Waals surface area contributed by atoms with E-state index in [4.69, 9.17) is 23.2 Å². The van der Waals surface area contributed by atoms with Crippen LogP contribution in [0.3, 0.4) is 0 Å². The first-order chi connectivity index (χ1) is 5.25. The number of halogens is 2. The molecular formula is C6H2Cl2N2O. The van der Waals surface area contributed by atoms with Crippen LogP contribution in [0.4, 0.5) is 5.69 Å². The maximum absolute atomic E-state index is 9.82. The third-order valence-electron chi connectivity index (χ3n) is 0.992. The molecule has 56 valence electrons. The SMILES string of the molecule is O=C=Nc1ccnc(Cl)c1Cl. The summed E-state index contributed by atoms with van der Waals surface area (Å²) in [6.45, 7) is 0.